The number of benzene rings is 2. The van der Waals surface area contributed by atoms with E-state index in [4.69, 9.17) is 15.1 Å². The van der Waals surface area contributed by atoms with Crippen LogP contribution in [0.1, 0.15) is 21.5 Å². The zero-order valence-electron chi connectivity index (χ0n) is 10.3. The minimum absolute atomic E-state index is 0.0618. The Morgan fingerprint density at radius 3 is 2.75 bits per heavy atom. The third-order valence-corrected chi connectivity index (χ3v) is 2.65. The molecule has 2 aromatic carbocycles. The molecular formula is C15H10FNO3. The Balaban J connectivity index is 2.19. The van der Waals surface area contributed by atoms with Crippen molar-refractivity contribution in [2.24, 2.45) is 0 Å². The minimum atomic E-state index is -1.23. The standard InChI is InChI=1S/C15H10FNO3/c16-13-5-12(15(18)19)6-14(7-13)20-9-11-4-2-1-3-10(11)8-17/h1-7H,9H2,(H,18,19). The van der Waals surface area contributed by atoms with Crippen LogP contribution in [0.5, 0.6) is 5.75 Å². The van der Waals surface area contributed by atoms with Crippen molar-refractivity contribution in [2.45, 2.75) is 6.61 Å². The summed E-state index contributed by atoms with van der Waals surface area (Å²) in [6, 6.07) is 12.1. The lowest BCUT2D eigenvalue weighted by Gasteiger charge is -2.08. The number of nitriles is 1. The molecule has 2 rings (SSSR count). The molecule has 100 valence electrons. The summed E-state index contributed by atoms with van der Waals surface area (Å²) < 4.78 is 18.6. The fourth-order valence-electron chi connectivity index (χ4n) is 1.69. The predicted octanol–water partition coefficient (Wildman–Crippen LogP) is 2.97. The van der Waals surface area contributed by atoms with E-state index in [9.17, 15) is 9.18 Å². The maximum atomic E-state index is 13.3. The van der Waals surface area contributed by atoms with E-state index in [-0.39, 0.29) is 17.9 Å². The highest BCUT2D eigenvalue weighted by atomic mass is 19.1. The second kappa shape index (κ2) is 5.85. The molecule has 4 nitrogen and oxygen atoms in total. The molecule has 20 heavy (non-hydrogen) atoms. The van der Waals surface area contributed by atoms with Gasteiger partial charge in [-0.05, 0) is 18.2 Å². The van der Waals surface area contributed by atoms with E-state index in [1.165, 1.54) is 6.07 Å². The molecule has 0 radical (unpaired) electrons. The Bertz CT molecular complexity index is 692. The zero-order chi connectivity index (χ0) is 14.5. The van der Waals surface area contributed by atoms with Gasteiger partial charge in [0.25, 0.3) is 0 Å². The third kappa shape index (κ3) is 3.12. The fraction of sp³-hybridized carbons (Fsp3) is 0.0667. The highest BCUT2D eigenvalue weighted by molar-refractivity contribution is 5.88. The minimum Gasteiger partial charge on any atom is -0.489 e. The average molecular weight is 271 g/mol. The number of rotatable bonds is 4. The van der Waals surface area contributed by atoms with E-state index in [0.29, 0.717) is 11.1 Å². The first-order valence-electron chi connectivity index (χ1n) is 5.75. The quantitative estimate of drug-likeness (QED) is 0.928. The van der Waals surface area contributed by atoms with Crippen molar-refractivity contribution >= 4 is 5.97 Å². The summed E-state index contributed by atoms with van der Waals surface area (Å²) in [5.74, 6) is -1.81. The van der Waals surface area contributed by atoms with Crippen molar-refractivity contribution in [1.82, 2.24) is 0 Å². The van der Waals surface area contributed by atoms with Crippen LogP contribution >= 0.6 is 0 Å². The van der Waals surface area contributed by atoms with Crippen molar-refractivity contribution in [3.8, 4) is 11.8 Å². The van der Waals surface area contributed by atoms with Crippen molar-refractivity contribution in [1.29, 1.82) is 5.26 Å². The number of carboxylic acids is 1. The molecule has 0 aromatic heterocycles. The van der Waals surface area contributed by atoms with Gasteiger partial charge in [0.1, 0.15) is 18.2 Å². The van der Waals surface area contributed by atoms with Gasteiger partial charge in [-0.15, -0.1) is 0 Å². The molecule has 2 aromatic rings. The second-order valence-electron chi connectivity index (χ2n) is 4.04. The highest BCUT2D eigenvalue weighted by Crippen LogP contribution is 2.19. The maximum Gasteiger partial charge on any atom is 0.335 e. The fourth-order valence-corrected chi connectivity index (χ4v) is 1.69. The Labute approximate surface area is 114 Å². The van der Waals surface area contributed by atoms with Crippen molar-refractivity contribution in [2.75, 3.05) is 0 Å². The van der Waals surface area contributed by atoms with Crippen LogP contribution < -0.4 is 4.74 Å². The van der Waals surface area contributed by atoms with E-state index in [1.807, 2.05) is 6.07 Å². The Morgan fingerprint density at radius 2 is 2.05 bits per heavy atom. The van der Waals surface area contributed by atoms with Crippen LogP contribution in [-0.4, -0.2) is 11.1 Å². The van der Waals surface area contributed by atoms with E-state index in [1.54, 1.807) is 24.3 Å². The molecule has 0 bridgehead atoms. The molecular weight excluding hydrogens is 261 g/mol. The third-order valence-electron chi connectivity index (χ3n) is 2.65. The number of nitrogens with zero attached hydrogens (tertiary/aromatic N) is 1. The lowest BCUT2D eigenvalue weighted by atomic mass is 10.1. The van der Waals surface area contributed by atoms with Crippen LogP contribution in [0.4, 0.5) is 4.39 Å². The number of carbonyl (C=O) groups is 1. The van der Waals surface area contributed by atoms with Crippen molar-refractivity contribution in [3.05, 3.63) is 65.0 Å². The number of aromatic carboxylic acids is 1. The smallest absolute Gasteiger partial charge is 0.335 e. The van der Waals surface area contributed by atoms with Gasteiger partial charge in [-0.25, -0.2) is 9.18 Å². The molecule has 0 atom stereocenters. The zero-order valence-corrected chi connectivity index (χ0v) is 10.3. The van der Waals surface area contributed by atoms with Gasteiger partial charge in [0.05, 0.1) is 17.2 Å². The van der Waals surface area contributed by atoms with Gasteiger partial charge in [-0.3, -0.25) is 0 Å². The van der Waals surface area contributed by atoms with Gasteiger partial charge in [0.2, 0.25) is 0 Å². The molecule has 0 fully saturated rings. The average Bonchev–Trinajstić information content (AvgIpc) is 2.44. The summed E-state index contributed by atoms with van der Waals surface area (Å²) in [5.41, 5.74) is 0.923. The van der Waals surface area contributed by atoms with Crippen LogP contribution in [0.3, 0.4) is 0 Å². The summed E-state index contributed by atoms with van der Waals surface area (Å²) in [6.07, 6.45) is 0. The molecule has 0 aliphatic carbocycles. The lowest BCUT2D eigenvalue weighted by Crippen LogP contribution is -2.01. The van der Waals surface area contributed by atoms with Crippen LogP contribution in [-0.2, 0) is 6.61 Å². The number of hydrogen-bond donors (Lipinski definition) is 1. The lowest BCUT2D eigenvalue weighted by molar-refractivity contribution is 0.0695. The molecule has 0 amide bonds. The molecule has 0 aliphatic rings. The van der Waals surface area contributed by atoms with Crippen molar-refractivity contribution in [3.63, 3.8) is 0 Å². The van der Waals surface area contributed by atoms with E-state index in [2.05, 4.69) is 0 Å². The number of halogens is 1. The molecule has 0 aliphatic heterocycles. The van der Waals surface area contributed by atoms with Gasteiger partial charge >= 0.3 is 5.97 Å². The van der Waals surface area contributed by atoms with Gasteiger partial charge < -0.3 is 9.84 Å². The molecule has 1 N–H and O–H groups in total. The molecule has 0 saturated carbocycles. The molecule has 0 unspecified atom stereocenters. The summed E-state index contributed by atoms with van der Waals surface area (Å²) in [5, 5.41) is 17.8. The largest absolute Gasteiger partial charge is 0.489 e. The van der Waals surface area contributed by atoms with Crippen LogP contribution in [0.25, 0.3) is 0 Å². The Kier molecular flexibility index (Phi) is 3.96. The number of ether oxygens (including phenoxy) is 1. The van der Waals surface area contributed by atoms with Crippen LogP contribution in [0.15, 0.2) is 42.5 Å². The van der Waals surface area contributed by atoms with Gasteiger partial charge in [-0.2, -0.15) is 5.26 Å². The van der Waals surface area contributed by atoms with Gasteiger partial charge in [0.15, 0.2) is 0 Å². The summed E-state index contributed by atoms with van der Waals surface area (Å²) in [7, 11) is 0. The molecule has 0 saturated heterocycles. The van der Waals surface area contributed by atoms with Gasteiger partial charge in [-0.1, -0.05) is 18.2 Å². The van der Waals surface area contributed by atoms with E-state index in [0.717, 1.165) is 12.1 Å². The van der Waals surface area contributed by atoms with Crippen LogP contribution in [0.2, 0.25) is 0 Å². The summed E-state index contributed by atoms with van der Waals surface area (Å²) in [6.45, 7) is 0.0618. The highest BCUT2D eigenvalue weighted by Gasteiger charge is 2.09. The number of hydrogen-bond acceptors (Lipinski definition) is 3. The normalized spacial score (nSPS) is 9.80. The predicted molar refractivity (Wildman–Crippen MR) is 68.8 cm³/mol. The van der Waals surface area contributed by atoms with Crippen molar-refractivity contribution < 1.29 is 19.0 Å². The topological polar surface area (TPSA) is 70.3 Å². The monoisotopic (exact) mass is 271 g/mol. The molecule has 0 heterocycles. The first-order valence-corrected chi connectivity index (χ1v) is 5.75. The van der Waals surface area contributed by atoms with Crippen LogP contribution in [0, 0.1) is 17.1 Å². The van der Waals surface area contributed by atoms with E-state index < -0.39 is 11.8 Å². The molecule has 0 spiro atoms. The Morgan fingerprint density at radius 1 is 1.30 bits per heavy atom. The number of carboxylic acid groups (broad SMARTS) is 1. The first-order chi connectivity index (χ1) is 9.60. The second-order valence-corrected chi connectivity index (χ2v) is 4.04. The molecule has 5 heteroatoms. The first kappa shape index (κ1) is 13.6. The maximum absolute atomic E-state index is 13.3. The Hall–Kier alpha value is -2.87. The SMILES string of the molecule is N#Cc1ccccc1COc1cc(F)cc(C(=O)O)c1. The van der Waals surface area contributed by atoms with E-state index >= 15 is 0 Å². The summed E-state index contributed by atoms with van der Waals surface area (Å²) in [4.78, 5) is 10.8. The summed E-state index contributed by atoms with van der Waals surface area (Å²) >= 11 is 0. The van der Waals surface area contributed by atoms with Gasteiger partial charge in [0, 0.05) is 11.6 Å².